The van der Waals surface area contributed by atoms with Crippen LogP contribution < -0.4 is 20.1 Å². The Labute approximate surface area is 147 Å². The van der Waals surface area contributed by atoms with Gasteiger partial charge in [-0.1, -0.05) is 18.2 Å². The molecule has 0 aliphatic carbocycles. The fourth-order valence-electron chi connectivity index (χ4n) is 1.97. The van der Waals surface area contributed by atoms with Crippen molar-refractivity contribution in [1.29, 1.82) is 0 Å². The third kappa shape index (κ3) is 6.26. The van der Waals surface area contributed by atoms with Crippen molar-refractivity contribution in [2.24, 2.45) is 0 Å². The van der Waals surface area contributed by atoms with Crippen molar-refractivity contribution in [2.45, 2.75) is 12.8 Å². The molecule has 0 radical (unpaired) electrons. The van der Waals surface area contributed by atoms with Crippen LogP contribution in [0.15, 0.2) is 54.6 Å². The molecule has 1 amide bonds. The van der Waals surface area contributed by atoms with Crippen LogP contribution in [-0.4, -0.2) is 24.7 Å². The van der Waals surface area contributed by atoms with E-state index in [1.54, 1.807) is 7.11 Å². The molecule has 0 aliphatic heterocycles. The number of carbonyl (C=O) groups excluding carboxylic acids is 1. The molecule has 0 heterocycles. The zero-order valence-corrected chi connectivity index (χ0v) is 14.3. The number of para-hydroxylation sites is 1. The van der Waals surface area contributed by atoms with Crippen LogP contribution in [0.1, 0.15) is 12.8 Å². The van der Waals surface area contributed by atoms with E-state index in [4.69, 9.17) is 21.7 Å². The summed E-state index contributed by atoms with van der Waals surface area (Å²) in [6, 6.07) is 16.8. The van der Waals surface area contributed by atoms with Gasteiger partial charge in [-0.05, 0) is 55.0 Å². The molecular formula is C18H20N2O3S. The largest absolute Gasteiger partial charge is 0.497 e. The van der Waals surface area contributed by atoms with Crippen molar-refractivity contribution in [3.63, 3.8) is 0 Å². The minimum Gasteiger partial charge on any atom is -0.497 e. The lowest BCUT2D eigenvalue weighted by Gasteiger charge is -2.10. The number of carbonyl (C=O) groups is 1. The van der Waals surface area contributed by atoms with Crippen LogP contribution in [0, 0.1) is 0 Å². The lowest BCUT2D eigenvalue weighted by Crippen LogP contribution is -2.34. The minimum absolute atomic E-state index is 0.141. The molecule has 0 saturated carbocycles. The summed E-state index contributed by atoms with van der Waals surface area (Å²) in [5, 5.41) is 5.88. The number of hydrogen-bond acceptors (Lipinski definition) is 4. The van der Waals surface area contributed by atoms with Gasteiger partial charge in [-0.3, -0.25) is 4.79 Å². The van der Waals surface area contributed by atoms with E-state index < -0.39 is 0 Å². The second kappa shape index (κ2) is 9.52. The number of hydrogen-bond donors (Lipinski definition) is 2. The molecule has 2 N–H and O–H groups in total. The Bertz CT molecular complexity index is 660. The average Bonchev–Trinajstić information content (AvgIpc) is 2.60. The zero-order valence-electron chi connectivity index (χ0n) is 13.5. The predicted molar refractivity (Wildman–Crippen MR) is 98.5 cm³/mol. The van der Waals surface area contributed by atoms with E-state index >= 15 is 0 Å². The Morgan fingerprint density at radius 2 is 1.75 bits per heavy atom. The van der Waals surface area contributed by atoms with Gasteiger partial charge in [0.1, 0.15) is 11.5 Å². The molecule has 126 valence electrons. The van der Waals surface area contributed by atoms with Crippen molar-refractivity contribution in [3.05, 3.63) is 54.6 Å². The highest BCUT2D eigenvalue weighted by Crippen LogP contribution is 2.14. The second-order valence-electron chi connectivity index (χ2n) is 5.00. The third-order valence-electron chi connectivity index (χ3n) is 3.16. The second-order valence-corrected chi connectivity index (χ2v) is 5.40. The molecule has 0 spiro atoms. The Kier molecular flexibility index (Phi) is 7.04. The number of benzene rings is 2. The first kappa shape index (κ1) is 17.7. The van der Waals surface area contributed by atoms with Crippen molar-refractivity contribution in [3.8, 4) is 11.5 Å². The van der Waals surface area contributed by atoms with Crippen LogP contribution in [0.5, 0.6) is 11.5 Å². The fraction of sp³-hybridized carbons (Fsp3) is 0.222. The summed E-state index contributed by atoms with van der Waals surface area (Å²) in [5.41, 5.74) is 0.786. The van der Waals surface area contributed by atoms with E-state index in [1.807, 2.05) is 54.6 Å². The van der Waals surface area contributed by atoms with E-state index in [2.05, 4.69) is 10.6 Å². The van der Waals surface area contributed by atoms with Crippen LogP contribution in [0.3, 0.4) is 0 Å². The lowest BCUT2D eigenvalue weighted by molar-refractivity contribution is -0.119. The van der Waals surface area contributed by atoms with Crippen LogP contribution in [0.2, 0.25) is 0 Å². The van der Waals surface area contributed by atoms with Gasteiger partial charge in [0.25, 0.3) is 0 Å². The molecule has 2 aromatic carbocycles. The number of ether oxygens (including phenoxy) is 2. The highest BCUT2D eigenvalue weighted by atomic mass is 32.1. The van der Waals surface area contributed by atoms with E-state index in [-0.39, 0.29) is 11.0 Å². The molecule has 0 atom stereocenters. The maximum Gasteiger partial charge on any atom is 0.226 e. The first-order valence-electron chi connectivity index (χ1n) is 7.60. The van der Waals surface area contributed by atoms with Gasteiger partial charge in [0.2, 0.25) is 5.91 Å². The summed E-state index contributed by atoms with van der Waals surface area (Å²) in [7, 11) is 1.61. The minimum atomic E-state index is -0.141. The van der Waals surface area contributed by atoms with E-state index in [1.165, 1.54) is 0 Å². The highest BCUT2D eigenvalue weighted by molar-refractivity contribution is 7.80. The van der Waals surface area contributed by atoms with Crippen LogP contribution >= 0.6 is 12.2 Å². The molecule has 2 rings (SSSR count). The van der Waals surface area contributed by atoms with Gasteiger partial charge in [0.05, 0.1) is 13.7 Å². The van der Waals surface area contributed by atoms with Crippen molar-refractivity contribution >= 4 is 28.9 Å². The quantitative estimate of drug-likeness (QED) is 0.596. The van der Waals surface area contributed by atoms with E-state index in [0.29, 0.717) is 19.4 Å². The fourth-order valence-corrected chi connectivity index (χ4v) is 2.20. The van der Waals surface area contributed by atoms with Crippen LogP contribution in [-0.2, 0) is 4.79 Å². The molecular weight excluding hydrogens is 324 g/mol. The summed E-state index contributed by atoms with van der Waals surface area (Å²) in [6.07, 6.45) is 0.961. The number of methoxy groups -OCH3 is 1. The summed E-state index contributed by atoms with van der Waals surface area (Å²) in [4.78, 5) is 11.8. The third-order valence-corrected chi connectivity index (χ3v) is 3.37. The lowest BCUT2D eigenvalue weighted by atomic mass is 10.3. The number of anilines is 1. The molecule has 6 heteroatoms. The molecule has 0 fully saturated rings. The van der Waals surface area contributed by atoms with Gasteiger partial charge in [-0.2, -0.15) is 0 Å². The highest BCUT2D eigenvalue weighted by Gasteiger charge is 2.05. The number of rotatable bonds is 7. The molecule has 0 unspecified atom stereocenters. The van der Waals surface area contributed by atoms with Crippen LogP contribution in [0.4, 0.5) is 5.69 Å². The van der Waals surface area contributed by atoms with Gasteiger partial charge in [-0.15, -0.1) is 0 Å². The maximum atomic E-state index is 11.8. The standard InChI is InChI=1S/C18H20N2O3S/c1-22-15-11-9-14(10-12-15)19-18(24)20-17(21)8-5-13-23-16-6-3-2-4-7-16/h2-4,6-7,9-12H,5,8,13H2,1H3,(H2,19,20,21,24). The monoisotopic (exact) mass is 344 g/mol. The molecule has 0 saturated heterocycles. The van der Waals surface area contributed by atoms with Crippen LogP contribution in [0.25, 0.3) is 0 Å². The first-order valence-corrected chi connectivity index (χ1v) is 8.01. The van der Waals surface area contributed by atoms with Crippen molar-refractivity contribution < 1.29 is 14.3 Å². The van der Waals surface area contributed by atoms with Gasteiger partial charge in [-0.25, -0.2) is 0 Å². The average molecular weight is 344 g/mol. The summed E-state index contributed by atoms with van der Waals surface area (Å²) >= 11 is 5.12. The molecule has 0 bridgehead atoms. The van der Waals surface area contributed by atoms with E-state index in [9.17, 15) is 4.79 Å². The Morgan fingerprint density at radius 3 is 2.42 bits per heavy atom. The zero-order chi connectivity index (χ0) is 17.2. The van der Waals surface area contributed by atoms with Gasteiger partial charge in [0.15, 0.2) is 5.11 Å². The molecule has 2 aromatic rings. The summed E-state index contributed by atoms with van der Waals surface area (Å²) in [5.74, 6) is 1.42. The maximum absolute atomic E-state index is 11.8. The van der Waals surface area contributed by atoms with Gasteiger partial charge < -0.3 is 20.1 Å². The SMILES string of the molecule is COc1ccc(NC(=S)NC(=O)CCCOc2ccccc2)cc1. The van der Waals surface area contributed by atoms with Crippen molar-refractivity contribution in [2.75, 3.05) is 19.0 Å². The Balaban J connectivity index is 1.65. The normalized spacial score (nSPS) is 9.88. The first-order chi connectivity index (χ1) is 11.7. The molecule has 0 aliphatic rings. The topological polar surface area (TPSA) is 59.6 Å². The number of amides is 1. The summed E-state index contributed by atoms with van der Waals surface area (Å²) < 4.78 is 10.6. The molecule has 24 heavy (non-hydrogen) atoms. The predicted octanol–water partition coefficient (Wildman–Crippen LogP) is 3.37. The van der Waals surface area contributed by atoms with Gasteiger partial charge in [0, 0.05) is 12.1 Å². The van der Waals surface area contributed by atoms with Crippen molar-refractivity contribution in [1.82, 2.24) is 5.32 Å². The molecule has 0 aromatic heterocycles. The Hall–Kier alpha value is -2.60. The smallest absolute Gasteiger partial charge is 0.226 e. The Morgan fingerprint density at radius 1 is 1.04 bits per heavy atom. The number of nitrogens with one attached hydrogen (secondary N) is 2. The van der Waals surface area contributed by atoms with E-state index in [0.717, 1.165) is 17.2 Å². The molecule has 5 nitrogen and oxygen atoms in total. The summed E-state index contributed by atoms with van der Waals surface area (Å²) in [6.45, 7) is 0.482. The van der Waals surface area contributed by atoms with Gasteiger partial charge >= 0.3 is 0 Å². The number of thiocarbonyl (C=S) groups is 1.